The molecule has 0 aromatic rings. The Morgan fingerprint density at radius 1 is 0.625 bits per heavy atom. The van der Waals surface area contributed by atoms with Gasteiger partial charge in [0, 0.05) is 19.3 Å². The fourth-order valence-electron chi connectivity index (χ4n) is 3.76. The number of rotatable bonds is 23. The molecule has 0 heterocycles. The summed E-state index contributed by atoms with van der Waals surface area (Å²) in [4.78, 5) is 35.3. The van der Waals surface area contributed by atoms with Crippen molar-refractivity contribution in [1.82, 2.24) is 4.90 Å². The summed E-state index contributed by atoms with van der Waals surface area (Å²) in [5.74, 6) is -1.55. The van der Waals surface area contributed by atoms with E-state index in [1.54, 1.807) is 0 Å². The van der Waals surface area contributed by atoms with Crippen LogP contribution in [0.2, 0.25) is 0 Å². The van der Waals surface area contributed by atoms with Crippen LogP contribution in [0.15, 0.2) is 0 Å². The zero-order valence-corrected chi connectivity index (χ0v) is 20.5. The summed E-state index contributed by atoms with van der Waals surface area (Å²) in [6, 6.07) is 0. The minimum Gasteiger partial charge on any atom is -0.481 e. The molecule has 0 aliphatic carbocycles. The molecule has 2 N–H and O–H groups in total. The molecule has 0 spiro atoms. The highest BCUT2D eigenvalue weighted by Gasteiger charge is 2.14. The first-order valence-electron chi connectivity index (χ1n) is 12.6. The van der Waals surface area contributed by atoms with E-state index >= 15 is 0 Å². The van der Waals surface area contributed by atoms with Gasteiger partial charge in [-0.2, -0.15) is 0 Å². The second-order valence-corrected chi connectivity index (χ2v) is 9.13. The van der Waals surface area contributed by atoms with E-state index < -0.39 is 11.9 Å². The summed E-state index contributed by atoms with van der Waals surface area (Å²) in [6.45, 7) is 0.878. The molecule has 0 aromatic heterocycles. The largest absolute Gasteiger partial charge is 0.481 e. The van der Waals surface area contributed by atoms with E-state index in [1.165, 1.54) is 0 Å². The molecule has 0 aliphatic rings. The maximum atomic E-state index is 12.2. The monoisotopic (exact) mass is 457 g/mol. The zero-order chi connectivity index (χ0) is 24.0. The van der Waals surface area contributed by atoms with Gasteiger partial charge in [0.05, 0.1) is 0 Å². The van der Waals surface area contributed by atoms with Crippen LogP contribution in [0.1, 0.15) is 116 Å². The standard InChI is InChI=1S/C25H47NO6/c1-26(2)21-15-20-25(31)32-22(17-12-8-6-10-14-19-24(29)30)16-11-7-4-3-5-9-13-18-23(27)28/h22H,3-21H2,1-2H3,(H,27,28)(H,29,30). The van der Waals surface area contributed by atoms with Crippen LogP contribution in [-0.4, -0.2) is 59.8 Å². The SMILES string of the molecule is CN(C)CCCC(=O)OC(CCCCCCCCCC(=O)O)CCCCCCCC(=O)O. The second-order valence-electron chi connectivity index (χ2n) is 9.13. The molecule has 0 saturated heterocycles. The second kappa shape index (κ2) is 21.2. The third kappa shape index (κ3) is 23.0. The minimum atomic E-state index is -0.730. The number of carboxylic acid groups (broad SMARTS) is 2. The molecule has 0 fully saturated rings. The highest BCUT2D eigenvalue weighted by Crippen LogP contribution is 2.18. The van der Waals surface area contributed by atoms with Gasteiger partial charge in [0.1, 0.15) is 6.10 Å². The van der Waals surface area contributed by atoms with Crippen LogP contribution in [0.5, 0.6) is 0 Å². The van der Waals surface area contributed by atoms with Crippen LogP contribution in [0.4, 0.5) is 0 Å². The van der Waals surface area contributed by atoms with Crippen molar-refractivity contribution < 1.29 is 29.3 Å². The summed E-state index contributed by atoms with van der Waals surface area (Å²) in [7, 11) is 3.99. The van der Waals surface area contributed by atoms with E-state index in [9.17, 15) is 14.4 Å². The summed E-state index contributed by atoms with van der Waals surface area (Å²) >= 11 is 0. The fourth-order valence-corrected chi connectivity index (χ4v) is 3.76. The van der Waals surface area contributed by atoms with Crippen molar-refractivity contribution in [3.8, 4) is 0 Å². The lowest BCUT2D eigenvalue weighted by atomic mass is 10.0. The molecule has 0 radical (unpaired) electrons. The average molecular weight is 458 g/mol. The van der Waals surface area contributed by atoms with Crippen molar-refractivity contribution in [2.24, 2.45) is 0 Å². The molecule has 1 unspecified atom stereocenters. The molecule has 0 aliphatic heterocycles. The van der Waals surface area contributed by atoms with Crippen LogP contribution in [0.3, 0.4) is 0 Å². The predicted octanol–water partition coefficient (Wildman–Crippen LogP) is 5.65. The van der Waals surface area contributed by atoms with Crippen molar-refractivity contribution in [1.29, 1.82) is 0 Å². The smallest absolute Gasteiger partial charge is 0.306 e. The Balaban J connectivity index is 4.06. The number of unbranched alkanes of at least 4 members (excludes halogenated alkanes) is 10. The van der Waals surface area contributed by atoms with Crippen LogP contribution in [-0.2, 0) is 19.1 Å². The van der Waals surface area contributed by atoms with E-state index in [0.29, 0.717) is 6.42 Å². The molecule has 0 bridgehead atoms. The number of carbonyl (C=O) groups is 3. The highest BCUT2D eigenvalue weighted by atomic mass is 16.5. The number of aliphatic carboxylic acids is 2. The van der Waals surface area contributed by atoms with Gasteiger partial charge in [-0.05, 0) is 65.6 Å². The lowest BCUT2D eigenvalue weighted by Crippen LogP contribution is -2.20. The van der Waals surface area contributed by atoms with Crippen molar-refractivity contribution in [2.45, 2.75) is 122 Å². The van der Waals surface area contributed by atoms with Crippen molar-refractivity contribution in [3.05, 3.63) is 0 Å². The van der Waals surface area contributed by atoms with Crippen molar-refractivity contribution in [2.75, 3.05) is 20.6 Å². The third-order valence-electron chi connectivity index (χ3n) is 5.62. The number of carboxylic acids is 2. The summed E-state index contributed by atoms with van der Waals surface area (Å²) in [5.41, 5.74) is 0. The van der Waals surface area contributed by atoms with E-state index in [1.807, 2.05) is 14.1 Å². The molecular weight excluding hydrogens is 410 g/mol. The van der Waals surface area contributed by atoms with Gasteiger partial charge >= 0.3 is 17.9 Å². The highest BCUT2D eigenvalue weighted by molar-refractivity contribution is 5.69. The molecule has 0 amide bonds. The van der Waals surface area contributed by atoms with Gasteiger partial charge in [-0.3, -0.25) is 14.4 Å². The zero-order valence-electron chi connectivity index (χ0n) is 20.5. The van der Waals surface area contributed by atoms with E-state index in [2.05, 4.69) is 4.90 Å². The van der Waals surface area contributed by atoms with Crippen molar-refractivity contribution >= 4 is 17.9 Å². The minimum absolute atomic E-state index is 0.0172. The van der Waals surface area contributed by atoms with Gasteiger partial charge < -0.3 is 19.8 Å². The van der Waals surface area contributed by atoms with Crippen LogP contribution in [0.25, 0.3) is 0 Å². The summed E-state index contributed by atoms with van der Waals surface area (Å²) in [5, 5.41) is 17.3. The van der Waals surface area contributed by atoms with Gasteiger partial charge in [-0.1, -0.05) is 51.4 Å². The Hall–Kier alpha value is -1.63. The predicted molar refractivity (Wildman–Crippen MR) is 127 cm³/mol. The number of nitrogens with zero attached hydrogens (tertiary/aromatic N) is 1. The van der Waals surface area contributed by atoms with Crippen molar-refractivity contribution in [3.63, 3.8) is 0 Å². The topological polar surface area (TPSA) is 104 Å². The van der Waals surface area contributed by atoms with Crippen LogP contribution in [0, 0.1) is 0 Å². The lowest BCUT2D eigenvalue weighted by molar-refractivity contribution is -0.150. The average Bonchev–Trinajstić information content (AvgIpc) is 2.70. The first kappa shape index (κ1) is 30.4. The molecule has 7 heteroatoms. The molecule has 0 aromatic carbocycles. The maximum Gasteiger partial charge on any atom is 0.306 e. The Labute approximate surface area is 194 Å². The third-order valence-corrected chi connectivity index (χ3v) is 5.62. The Bertz CT molecular complexity index is 495. The number of hydrogen-bond donors (Lipinski definition) is 2. The Morgan fingerprint density at radius 3 is 1.44 bits per heavy atom. The van der Waals surface area contributed by atoms with Gasteiger partial charge in [0.25, 0.3) is 0 Å². The van der Waals surface area contributed by atoms with Gasteiger partial charge in [0.2, 0.25) is 0 Å². The van der Waals surface area contributed by atoms with E-state index in [-0.39, 0.29) is 24.9 Å². The normalized spacial score (nSPS) is 12.1. The van der Waals surface area contributed by atoms with E-state index in [0.717, 1.165) is 103 Å². The number of esters is 1. The molecule has 0 rings (SSSR count). The quantitative estimate of drug-likeness (QED) is 0.151. The Kier molecular flexibility index (Phi) is 20.1. The van der Waals surface area contributed by atoms with Gasteiger partial charge in [0.15, 0.2) is 0 Å². The molecule has 7 nitrogen and oxygen atoms in total. The van der Waals surface area contributed by atoms with E-state index in [4.69, 9.17) is 14.9 Å². The summed E-state index contributed by atoms with van der Waals surface area (Å²) < 4.78 is 5.78. The number of carbonyl (C=O) groups excluding carboxylic acids is 1. The van der Waals surface area contributed by atoms with Crippen LogP contribution < -0.4 is 0 Å². The number of ether oxygens (including phenoxy) is 1. The molecule has 1 atom stereocenters. The summed E-state index contributed by atoms with van der Waals surface area (Å²) in [6.07, 6.45) is 15.5. The Morgan fingerprint density at radius 2 is 1.03 bits per heavy atom. The van der Waals surface area contributed by atoms with Gasteiger partial charge in [-0.15, -0.1) is 0 Å². The molecule has 32 heavy (non-hydrogen) atoms. The maximum absolute atomic E-state index is 12.2. The fraction of sp³-hybridized carbons (Fsp3) is 0.880. The number of hydrogen-bond acceptors (Lipinski definition) is 5. The first-order valence-corrected chi connectivity index (χ1v) is 12.6. The molecular formula is C25H47NO6. The van der Waals surface area contributed by atoms with Crippen LogP contribution >= 0.6 is 0 Å². The lowest BCUT2D eigenvalue weighted by Gasteiger charge is -2.18. The van der Waals surface area contributed by atoms with Gasteiger partial charge in [-0.25, -0.2) is 0 Å². The molecule has 0 saturated carbocycles. The first-order chi connectivity index (χ1) is 15.3. The molecule has 188 valence electrons.